The first-order valence-electron chi connectivity index (χ1n) is 32.8. The summed E-state index contributed by atoms with van der Waals surface area (Å²) in [6.45, 7) is 13.2. The first kappa shape index (κ1) is 101. The van der Waals surface area contributed by atoms with Crippen molar-refractivity contribution in [1.82, 2.24) is 0 Å². The van der Waals surface area contributed by atoms with Crippen molar-refractivity contribution in [2.45, 2.75) is 112 Å². The molecular formula is C74H96BBr3F2NO23S7-. The van der Waals surface area contributed by atoms with Gasteiger partial charge < -0.3 is 64.2 Å². The van der Waals surface area contributed by atoms with Crippen LogP contribution >= 0.6 is 72.2 Å². The van der Waals surface area contributed by atoms with Crippen LogP contribution in [-0.2, 0) is 96.4 Å². The minimum Gasteiger partial charge on any atom is -1.00 e. The molecule has 3 N–H and O–H groups in total. The van der Waals surface area contributed by atoms with E-state index in [1.165, 1.54) is 113 Å². The van der Waals surface area contributed by atoms with Gasteiger partial charge in [-0.2, -0.15) is 0 Å². The lowest BCUT2D eigenvalue weighted by Crippen LogP contribution is -2.41. The second-order valence-corrected chi connectivity index (χ2v) is 39.0. The molecule has 0 spiro atoms. The van der Waals surface area contributed by atoms with Crippen molar-refractivity contribution in [2.75, 3.05) is 98.1 Å². The largest absolute Gasteiger partial charge is 1.00 e. The summed E-state index contributed by atoms with van der Waals surface area (Å²) in [5.74, 6) is -0.596. The number of halogens is 5. The monoisotopic (exact) mass is 1880 g/mol. The van der Waals surface area contributed by atoms with E-state index in [1.807, 2.05) is 64.1 Å². The highest BCUT2D eigenvalue weighted by atomic mass is 79.9. The Hall–Kier alpha value is -5.66. The number of ether oxygens (including phenoxy) is 9. The van der Waals surface area contributed by atoms with E-state index in [2.05, 4.69) is 91.5 Å². The molecule has 0 amide bonds. The van der Waals surface area contributed by atoms with Crippen LogP contribution in [-0.4, -0.2) is 175 Å². The Balaban J connectivity index is 0.000000670. The van der Waals surface area contributed by atoms with E-state index in [0.717, 1.165) is 23.8 Å². The van der Waals surface area contributed by atoms with Crippen molar-refractivity contribution in [3.63, 3.8) is 0 Å². The third-order valence-electron chi connectivity index (χ3n) is 14.3. The van der Waals surface area contributed by atoms with Gasteiger partial charge in [-0.05, 0) is 224 Å². The molecular weight excluding hydrogens is 1780 g/mol. The standard InChI is InChI=1S/C18H25FO6S.C14H21BO5S.C12H16FNO4S.C8H9BrO3S.C8H9BrOS.C8H10O4S.C6H5BrS.H/c1-18(2,3)25-17(20)10-5-14(11-19)12-24-15-6-8-16(9-7-15)26(21,22)13-23-4;1-13(2)14(3,4)20-15(19-13)11-6-8-12(9-7-11)21(16,17)10-18-5;1-17-9-19(15,16)12-4-2-11(3-5-12)18-8-10(6-13)7-14;1-12-6-13(10,11)8-4-2-7(9)3-5-8;1-10-6-11-8-4-2-7(9)3-5-8;1-12-6-13(10,11)8-4-2-7(9)3-5-8;7-5-1-3-6(8)4-2-5;/h6-9,11H,5,10,12-13H2,1-4H3;6-9H,10H2,1-5H3;2-6H,7-9,14H2,1H3;2-5H,6H2,1H3;2-5H,6H2,1H3;2-5,9H,6H2,1H3;1-4,8H;/q;;;;;;;-1/b14-11+;;10-6+;;;;;/i;;;;;;;1+1. The molecule has 1 aliphatic rings. The van der Waals surface area contributed by atoms with Gasteiger partial charge in [0.2, 0.25) is 49.2 Å². The zero-order valence-corrected chi connectivity index (χ0v) is 74.0. The van der Waals surface area contributed by atoms with Crippen molar-refractivity contribution in [2.24, 2.45) is 5.73 Å². The molecule has 0 unspecified atom stereocenters. The smallest absolute Gasteiger partial charge is 0.494 e. The maximum absolute atomic E-state index is 13.0. The number of thiol groups is 1. The summed E-state index contributed by atoms with van der Waals surface area (Å²) in [7, 11) is -9.11. The summed E-state index contributed by atoms with van der Waals surface area (Å²) in [6, 6.07) is 45.8. The molecule has 1 heterocycles. The molecule has 0 atom stereocenters. The van der Waals surface area contributed by atoms with Crippen LogP contribution in [0, 0.1) is 0 Å². The van der Waals surface area contributed by atoms with Crippen LogP contribution in [0.25, 0.3) is 0 Å². The number of sulfone groups is 5. The Kier molecular flexibility index (Phi) is 45.7. The average molecular weight is 1880 g/mol. The number of esters is 1. The van der Waals surface area contributed by atoms with Crippen molar-refractivity contribution >= 4 is 140 Å². The van der Waals surface area contributed by atoms with Gasteiger partial charge in [0.15, 0.2) is 29.7 Å². The Morgan fingerprint density at radius 1 is 0.495 bits per heavy atom. The summed E-state index contributed by atoms with van der Waals surface area (Å²) in [6.07, 6.45) is 1.02. The predicted octanol–water partition coefficient (Wildman–Crippen LogP) is 14.6. The summed E-state index contributed by atoms with van der Waals surface area (Å²) in [4.78, 5) is 14.8. The van der Waals surface area contributed by atoms with Gasteiger partial charge in [-0.3, -0.25) is 4.79 Å². The predicted molar refractivity (Wildman–Crippen MR) is 440 cm³/mol. The molecule has 0 saturated carbocycles. The molecule has 616 valence electrons. The van der Waals surface area contributed by atoms with Crippen LogP contribution in [0.5, 0.6) is 17.2 Å². The van der Waals surface area contributed by atoms with Crippen LogP contribution in [0.2, 0.25) is 0 Å². The van der Waals surface area contributed by atoms with Crippen molar-refractivity contribution in [3.05, 3.63) is 207 Å². The number of hydrogen-bond donors (Lipinski definition) is 3. The second kappa shape index (κ2) is 50.0. The number of nitrogens with two attached hydrogens (primary N) is 1. The number of phenols is 1. The molecule has 1 fully saturated rings. The minimum atomic E-state index is -3.50. The van der Waals surface area contributed by atoms with E-state index in [4.69, 9.17) is 43.8 Å². The normalized spacial score (nSPS) is 13.4. The first-order valence-corrected chi connectivity index (χ1v) is 44.8. The van der Waals surface area contributed by atoms with Crippen LogP contribution in [0.4, 0.5) is 8.78 Å². The fourth-order valence-corrected chi connectivity index (χ4v) is 14.6. The fourth-order valence-electron chi connectivity index (χ4n) is 8.11. The maximum Gasteiger partial charge on any atom is 0.494 e. The summed E-state index contributed by atoms with van der Waals surface area (Å²) >= 11 is 15.7. The second-order valence-electron chi connectivity index (χ2n) is 25.0. The number of benzene rings is 7. The minimum absolute atomic E-state index is 0. The van der Waals surface area contributed by atoms with E-state index in [-0.39, 0.29) is 88.0 Å². The number of thioether (sulfide) groups is 1. The van der Waals surface area contributed by atoms with E-state index in [9.17, 15) is 55.7 Å². The van der Waals surface area contributed by atoms with Gasteiger partial charge in [0.25, 0.3) is 0 Å². The average Bonchev–Trinajstić information content (AvgIpc) is 1.62. The Bertz CT molecular complexity index is 4470. The van der Waals surface area contributed by atoms with Gasteiger partial charge in [-0.1, -0.05) is 71.7 Å². The lowest BCUT2D eigenvalue weighted by molar-refractivity contribution is -0.154. The van der Waals surface area contributed by atoms with E-state index in [0.29, 0.717) is 41.2 Å². The van der Waals surface area contributed by atoms with Crippen LogP contribution in [0.3, 0.4) is 0 Å². The highest BCUT2D eigenvalue weighted by Gasteiger charge is 2.51. The fraction of sp³-hybridized carbons (Fsp3) is 0.365. The van der Waals surface area contributed by atoms with Crippen LogP contribution < -0.4 is 20.7 Å². The van der Waals surface area contributed by atoms with E-state index >= 15 is 0 Å². The number of carbonyl (C=O) groups is 1. The third kappa shape index (κ3) is 39.0. The number of phenolic OH excluding ortho intramolecular Hbond substituents is 1. The number of hydrogen-bond acceptors (Lipinski definition) is 26. The van der Waals surface area contributed by atoms with Crippen molar-refractivity contribution in [1.29, 1.82) is 0 Å². The molecule has 111 heavy (non-hydrogen) atoms. The third-order valence-corrected chi connectivity index (χ3v) is 24.9. The van der Waals surface area contributed by atoms with Gasteiger partial charge in [-0.15, -0.1) is 12.6 Å². The highest BCUT2D eigenvalue weighted by Crippen LogP contribution is 2.37. The number of methoxy groups -OCH3 is 6. The quantitative estimate of drug-likeness (QED) is 0.0129. The molecule has 1 aliphatic heterocycles. The molecule has 37 heteroatoms. The number of aromatic hydroxyl groups is 1. The van der Waals surface area contributed by atoms with E-state index < -0.39 is 85.0 Å². The first-order chi connectivity index (χ1) is 51.9. The van der Waals surface area contributed by atoms with Crippen LogP contribution in [0.15, 0.2) is 241 Å². The lowest BCUT2D eigenvalue weighted by atomic mass is 9.79. The molecule has 0 aliphatic carbocycles. The van der Waals surface area contributed by atoms with Crippen molar-refractivity contribution < 1.29 is 114 Å². The van der Waals surface area contributed by atoms with Gasteiger partial charge in [0.1, 0.15) is 36.1 Å². The van der Waals surface area contributed by atoms with Gasteiger partial charge in [0.05, 0.1) is 54.3 Å². The molecule has 7 aromatic rings. The molecule has 7 aromatic carbocycles. The number of carbonyl (C=O) groups excluding carboxylic acids is 1. The molecule has 0 bridgehead atoms. The zero-order chi connectivity index (χ0) is 83.9. The summed E-state index contributed by atoms with van der Waals surface area (Å²) in [5, 5.41) is 8.93. The summed E-state index contributed by atoms with van der Waals surface area (Å²) < 4.78 is 200. The van der Waals surface area contributed by atoms with Gasteiger partial charge in [-0.25, -0.2) is 50.9 Å². The molecule has 8 rings (SSSR count). The maximum atomic E-state index is 13.0. The Morgan fingerprint density at radius 2 is 0.802 bits per heavy atom. The summed E-state index contributed by atoms with van der Waals surface area (Å²) in [5.41, 5.74) is 5.27. The SMILES string of the molecule is COCS(=O)(=O)c1ccc(B2OC(C)(C)C(C)(C)O2)cc1.COCS(=O)(=O)c1ccc(Br)cc1.COCS(=O)(=O)c1ccc(O)cc1.COCS(=O)(=O)c1ccc(OC/C(=C/F)CCC(=O)OC(C)(C)C)cc1.COCS(=O)(=O)c1ccc(OC/C(=C/F)CN)cc1.COCSc1ccc(Br)cc1.Sc1ccc(Br)cc1.[2H-]. The topological polar surface area (TPSA) is 336 Å². The molecule has 0 aromatic heterocycles. The van der Waals surface area contributed by atoms with Crippen LogP contribution in [0.1, 0.15) is 62.7 Å². The Morgan fingerprint density at radius 3 is 1.11 bits per heavy atom. The molecule has 24 nitrogen and oxygen atoms in total. The van der Waals surface area contributed by atoms with Crippen molar-refractivity contribution in [3.8, 4) is 17.2 Å². The highest BCUT2D eigenvalue weighted by molar-refractivity contribution is 9.11. The molecule has 0 radical (unpaired) electrons. The van der Waals surface area contributed by atoms with Gasteiger partial charge in [0, 0.05) is 84.4 Å². The lowest BCUT2D eigenvalue weighted by Gasteiger charge is -2.32. The molecule has 1 saturated heterocycles. The number of rotatable bonds is 29. The Labute approximate surface area is 688 Å². The van der Waals surface area contributed by atoms with E-state index in [1.54, 1.807) is 88.2 Å². The van der Waals surface area contributed by atoms with Gasteiger partial charge >= 0.3 is 13.1 Å². The zero-order valence-electron chi connectivity index (χ0n) is 64.5.